The van der Waals surface area contributed by atoms with Crippen LogP contribution in [0.5, 0.6) is 0 Å². The van der Waals surface area contributed by atoms with E-state index in [4.69, 9.17) is 11.6 Å². The van der Waals surface area contributed by atoms with Gasteiger partial charge in [-0.05, 0) is 12.1 Å². The topological polar surface area (TPSA) is 58.2 Å². The van der Waals surface area contributed by atoms with Crippen molar-refractivity contribution in [2.24, 2.45) is 0 Å². The lowest BCUT2D eigenvalue weighted by atomic mass is 10.1. The minimum absolute atomic E-state index is 0.0662. The molecule has 0 saturated carbocycles. The van der Waals surface area contributed by atoms with E-state index in [0.717, 1.165) is 0 Å². The number of Topliss-reactive ketones (excluding diaryl/α,β-unsaturated/α-hetero) is 1. The Balaban J connectivity index is 2.45. The predicted octanol–water partition coefficient (Wildman–Crippen LogP) is 2.01. The number of urea groups is 1. The summed E-state index contributed by atoms with van der Waals surface area (Å²) in [6, 6.07) is 6.18. The van der Waals surface area contributed by atoms with Crippen molar-refractivity contribution in [2.45, 2.75) is 0 Å². The third-order valence-corrected chi connectivity index (χ3v) is 2.20. The highest BCUT2D eigenvalue weighted by atomic mass is 35.5. The maximum Gasteiger partial charge on any atom is 0.315 e. The molecule has 0 atom stereocenters. The molecule has 0 heterocycles. The van der Waals surface area contributed by atoms with Gasteiger partial charge in [0.1, 0.15) is 0 Å². The van der Waals surface area contributed by atoms with E-state index in [1.165, 1.54) is 0 Å². The number of carbonyl (C=O) groups excluding carboxylic acids is 2. The van der Waals surface area contributed by atoms with Gasteiger partial charge >= 0.3 is 6.03 Å². The van der Waals surface area contributed by atoms with Gasteiger partial charge < -0.3 is 10.6 Å². The number of hydrogen-bond acceptors (Lipinski definition) is 2. The number of ketones is 1. The molecule has 1 aromatic carbocycles. The van der Waals surface area contributed by atoms with Gasteiger partial charge in [0.05, 0.1) is 6.54 Å². The van der Waals surface area contributed by atoms with E-state index < -0.39 is 6.03 Å². The lowest BCUT2D eigenvalue weighted by molar-refractivity contribution is 0.0992. The zero-order valence-electron chi connectivity index (χ0n) is 9.20. The van der Waals surface area contributed by atoms with Crippen molar-refractivity contribution in [3.63, 3.8) is 0 Å². The fourth-order valence-corrected chi connectivity index (χ4v) is 1.34. The smallest absolute Gasteiger partial charge is 0.315 e. The van der Waals surface area contributed by atoms with Crippen LogP contribution in [0.3, 0.4) is 0 Å². The minimum Gasteiger partial charge on any atom is -0.335 e. The van der Waals surface area contributed by atoms with E-state index in [9.17, 15) is 9.59 Å². The summed E-state index contributed by atoms with van der Waals surface area (Å²) < 4.78 is 0. The van der Waals surface area contributed by atoms with Crippen molar-refractivity contribution < 1.29 is 9.59 Å². The highest BCUT2D eigenvalue weighted by Gasteiger charge is 2.07. The number of carbonyl (C=O) groups is 2. The average Bonchev–Trinajstić information content (AvgIpc) is 2.33. The molecular formula is C12H13ClN2O2. The van der Waals surface area contributed by atoms with E-state index >= 15 is 0 Å². The summed E-state index contributed by atoms with van der Waals surface area (Å²) in [5.74, 6) is -0.193. The van der Waals surface area contributed by atoms with Crippen LogP contribution in [0.2, 0.25) is 5.02 Å². The molecule has 90 valence electrons. The predicted molar refractivity (Wildman–Crippen MR) is 67.4 cm³/mol. The van der Waals surface area contributed by atoms with E-state index in [-0.39, 0.29) is 12.3 Å². The molecule has 0 spiro atoms. The first kappa shape index (κ1) is 13.3. The second-order valence-electron chi connectivity index (χ2n) is 3.29. The molecule has 0 fully saturated rings. The van der Waals surface area contributed by atoms with Gasteiger partial charge in [0, 0.05) is 17.1 Å². The van der Waals surface area contributed by atoms with Gasteiger partial charge in [0.2, 0.25) is 0 Å². The lowest BCUT2D eigenvalue weighted by Crippen LogP contribution is -2.38. The average molecular weight is 253 g/mol. The Morgan fingerprint density at radius 2 is 2.12 bits per heavy atom. The Hall–Kier alpha value is -1.81. The molecule has 0 unspecified atom stereocenters. The van der Waals surface area contributed by atoms with Crippen LogP contribution in [0.4, 0.5) is 4.79 Å². The van der Waals surface area contributed by atoms with Crippen LogP contribution >= 0.6 is 11.6 Å². The number of hydrogen-bond donors (Lipinski definition) is 2. The summed E-state index contributed by atoms with van der Waals surface area (Å²) in [5.41, 5.74) is 0.474. The second-order valence-corrected chi connectivity index (χ2v) is 3.72. The highest BCUT2D eigenvalue weighted by molar-refractivity contribution is 6.31. The van der Waals surface area contributed by atoms with Crippen molar-refractivity contribution in [2.75, 3.05) is 13.1 Å². The van der Waals surface area contributed by atoms with E-state index in [2.05, 4.69) is 17.2 Å². The highest BCUT2D eigenvalue weighted by Crippen LogP contribution is 2.10. The first-order valence-corrected chi connectivity index (χ1v) is 5.42. The molecule has 17 heavy (non-hydrogen) atoms. The Bertz CT molecular complexity index is 432. The van der Waals surface area contributed by atoms with Gasteiger partial charge in [-0.3, -0.25) is 4.79 Å². The standard InChI is InChI=1S/C12H13ClN2O2/c1-2-6-14-12(17)15-8-11(16)9-4-3-5-10(13)7-9/h2-5,7H,1,6,8H2,(H2,14,15,17). The molecule has 1 aromatic rings. The number of halogens is 1. The van der Waals surface area contributed by atoms with Gasteiger partial charge in [-0.2, -0.15) is 0 Å². The first-order valence-electron chi connectivity index (χ1n) is 5.05. The minimum atomic E-state index is -0.403. The molecule has 0 saturated heterocycles. The molecule has 2 N–H and O–H groups in total. The lowest BCUT2D eigenvalue weighted by Gasteiger charge is -2.05. The van der Waals surface area contributed by atoms with Crippen LogP contribution in [0.1, 0.15) is 10.4 Å². The van der Waals surface area contributed by atoms with Gasteiger partial charge in [-0.25, -0.2) is 4.79 Å². The molecular weight excluding hydrogens is 240 g/mol. The quantitative estimate of drug-likeness (QED) is 0.622. The Morgan fingerprint density at radius 3 is 2.76 bits per heavy atom. The number of rotatable bonds is 5. The summed E-state index contributed by atoms with van der Waals surface area (Å²) >= 11 is 5.76. The largest absolute Gasteiger partial charge is 0.335 e. The molecule has 0 radical (unpaired) electrons. The molecule has 0 aromatic heterocycles. The second kappa shape index (κ2) is 6.70. The summed E-state index contributed by atoms with van der Waals surface area (Å²) in [6.07, 6.45) is 1.55. The zero-order chi connectivity index (χ0) is 12.7. The van der Waals surface area contributed by atoms with Crippen LogP contribution < -0.4 is 10.6 Å². The van der Waals surface area contributed by atoms with Crippen LogP contribution in [0.15, 0.2) is 36.9 Å². The van der Waals surface area contributed by atoms with E-state index in [0.29, 0.717) is 17.1 Å². The fraction of sp³-hybridized carbons (Fsp3) is 0.167. The molecule has 1 rings (SSSR count). The maximum atomic E-state index is 11.7. The van der Waals surface area contributed by atoms with Crippen molar-refractivity contribution in [3.8, 4) is 0 Å². The maximum absolute atomic E-state index is 11.7. The van der Waals surface area contributed by atoms with Crippen molar-refractivity contribution in [1.29, 1.82) is 0 Å². The van der Waals surface area contributed by atoms with Gasteiger partial charge in [-0.1, -0.05) is 29.8 Å². The summed E-state index contributed by atoms with van der Waals surface area (Å²) in [4.78, 5) is 22.8. The molecule has 5 heteroatoms. The third-order valence-electron chi connectivity index (χ3n) is 1.96. The van der Waals surface area contributed by atoms with E-state index in [1.807, 2.05) is 0 Å². The molecule has 0 bridgehead atoms. The molecule has 2 amide bonds. The van der Waals surface area contributed by atoms with Gasteiger partial charge in [-0.15, -0.1) is 6.58 Å². The van der Waals surface area contributed by atoms with Gasteiger partial charge in [0.25, 0.3) is 0 Å². The zero-order valence-corrected chi connectivity index (χ0v) is 9.96. The van der Waals surface area contributed by atoms with Crippen molar-refractivity contribution in [1.82, 2.24) is 10.6 Å². The van der Waals surface area contributed by atoms with Crippen LogP contribution in [0.25, 0.3) is 0 Å². The Labute approximate surface area is 105 Å². The Morgan fingerprint density at radius 1 is 1.35 bits per heavy atom. The van der Waals surface area contributed by atoms with Crippen molar-refractivity contribution in [3.05, 3.63) is 47.5 Å². The molecule has 0 aliphatic carbocycles. The fourth-order valence-electron chi connectivity index (χ4n) is 1.15. The Kier molecular flexibility index (Phi) is 5.23. The first-order chi connectivity index (χ1) is 8.13. The number of amides is 2. The van der Waals surface area contributed by atoms with Crippen LogP contribution in [-0.2, 0) is 0 Å². The normalized spacial score (nSPS) is 9.47. The van der Waals surface area contributed by atoms with E-state index in [1.54, 1.807) is 30.3 Å². The van der Waals surface area contributed by atoms with Crippen molar-refractivity contribution >= 4 is 23.4 Å². The molecule has 0 aliphatic rings. The molecule has 4 nitrogen and oxygen atoms in total. The third kappa shape index (κ3) is 4.70. The number of benzene rings is 1. The van der Waals surface area contributed by atoms with Gasteiger partial charge in [0.15, 0.2) is 5.78 Å². The summed E-state index contributed by atoms with van der Waals surface area (Å²) in [7, 11) is 0. The van der Waals surface area contributed by atoms with Crippen LogP contribution in [-0.4, -0.2) is 24.9 Å². The van der Waals surface area contributed by atoms with Crippen LogP contribution in [0, 0.1) is 0 Å². The SMILES string of the molecule is C=CCNC(=O)NCC(=O)c1cccc(Cl)c1. The summed E-state index contributed by atoms with van der Waals surface area (Å²) in [6.45, 7) is 3.75. The molecule has 0 aliphatic heterocycles. The monoisotopic (exact) mass is 252 g/mol. The summed E-state index contributed by atoms with van der Waals surface area (Å²) in [5, 5.41) is 5.44. The number of nitrogens with one attached hydrogen (secondary N) is 2.